The van der Waals surface area contributed by atoms with Crippen molar-refractivity contribution in [2.75, 3.05) is 13.2 Å². The normalized spacial score (nSPS) is 26.9. The minimum atomic E-state index is -3.92. The zero-order valence-electron chi connectivity index (χ0n) is 10.8. The van der Waals surface area contributed by atoms with Crippen molar-refractivity contribution in [3.8, 4) is 0 Å². The summed E-state index contributed by atoms with van der Waals surface area (Å²) < 4.78 is 44.6. The molecule has 2 N–H and O–H groups in total. The predicted molar refractivity (Wildman–Crippen MR) is 71.6 cm³/mol. The summed E-state index contributed by atoms with van der Waals surface area (Å²) in [4.78, 5) is -0.226. The van der Waals surface area contributed by atoms with Gasteiger partial charge in [0, 0.05) is 19.6 Å². The lowest BCUT2D eigenvalue weighted by atomic mass is 9.97. The molecule has 1 aromatic carbocycles. The van der Waals surface area contributed by atoms with Crippen LogP contribution in [0.2, 0.25) is 5.02 Å². The molecule has 1 heterocycles. The SMILES string of the molecule is CC1OCCC1(O)CNS(=O)(=O)c1ccc(F)cc1Cl. The van der Waals surface area contributed by atoms with Gasteiger partial charge in [-0.05, 0) is 25.1 Å². The van der Waals surface area contributed by atoms with E-state index in [-0.39, 0.29) is 16.5 Å². The molecule has 1 saturated heterocycles. The van der Waals surface area contributed by atoms with Gasteiger partial charge in [-0.25, -0.2) is 17.5 Å². The van der Waals surface area contributed by atoms with Crippen LogP contribution in [-0.4, -0.2) is 38.4 Å². The van der Waals surface area contributed by atoms with Crippen LogP contribution in [0.3, 0.4) is 0 Å². The lowest BCUT2D eigenvalue weighted by molar-refractivity contribution is -0.0228. The lowest BCUT2D eigenvalue weighted by Gasteiger charge is -2.26. The Morgan fingerprint density at radius 1 is 1.60 bits per heavy atom. The molecule has 0 bridgehead atoms. The van der Waals surface area contributed by atoms with Gasteiger partial charge in [0.2, 0.25) is 10.0 Å². The van der Waals surface area contributed by atoms with Crippen LogP contribution in [0, 0.1) is 5.82 Å². The molecule has 20 heavy (non-hydrogen) atoms. The molecule has 2 unspecified atom stereocenters. The molecule has 1 aliphatic rings. The Morgan fingerprint density at radius 2 is 2.30 bits per heavy atom. The first-order valence-electron chi connectivity index (χ1n) is 6.03. The third-order valence-corrected chi connectivity index (χ3v) is 5.30. The molecule has 8 heteroatoms. The largest absolute Gasteiger partial charge is 0.386 e. The Hall–Kier alpha value is -0.730. The molecule has 1 aliphatic heterocycles. The number of nitrogens with one attached hydrogen (secondary N) is 1. The van der Waals surface area contributed by atoms with Crippen molar-refractivity contribution < 1.29 is 22.7 Å². The van der Waals surface area contributed by atoms with Crippen LogP contribution in [0.15, 0.2) is 23.1 Å². The molecule has 1 aromatic rings. The molecule has 112 valence electrons. The van der Waals surface area contributed by atoms with E-state index in [0.29, 0.717) is 13.0 Å². The summed E-state index contributed by atoms with van der Waals surface area (Å²) in [6, 6.07) is 3.02. The maximum Gasteiger partial charge on any atom is 0.242 e. The molecular formula is C12H15ClFNO4S. The zero-order chi connectivity index (χ0) is 15.0. The second-order valence-electron chi connectivity index (χ2n) is 4.77. The second-order valence-corrected chi connectivity index (χ2v) is 6.91. The Labute approximate surface area is 121 Å². The average molecular weight is 324 g/mol. The third kappa shape index (κ3) is 3.12. The lowest BCUT2D eigenvalue weighted by Crippen LogP contribution is -2.47. The van der Waals surface area contributed by atoms with Gasteiger partial charge in [0.25, 0.3) is 0 Å². The summed E-state index contributed by atoms with van der Waals surface area (Å²) in [5.74, 6) is -0.620. The summed E-state index contributed by atoms with van der Waals surface area (Å²) in [5, 5.41) is 10.0. The van der Waals surface area contributed by atoms with Gasteiger partial charge in [-0.15, -0.1) is 0 Å². The maximum absolute atomic E-state index is 12.9. The van der Waals surface area contributed by atoms with E-state index in [4.69, 9.17) is 16.3 Å². The Morgan fingerprint density at radius 3 is 2.85 bits per heavy atom. The van der Waals surface area contributed by atoms with E-state index in [1.807, 2.05) is 0 Å². The molecule has 1 fully saturated rings. The van der Waals surface area contributed by atoms with Gasteiger partial charge < -0.3 is 9.84 Å². The van der Waals surface area contributed by atoms with Gasteiger partial charge in [0.05, 0.1) is 11.1 Å². The van der Waals surface area contributed by atoms with E-state index in [9.17, 15) is 17.9 Å². The fourth-order valence-electron chi connectivity index (χ4n) is 1.99. The second kappa shape index (κ2) is 5.57. The van der Waals surface area contributed by atoms with E-state index in [1.165, 1.54) is 0 Å². The fraction of sp³-hybridized carbons (Fsp3) is 0.500. The highest BCUT2D eigenvalue weighted by atomic mass is 35.5. The molecule has 0 aliphatic carbocycles. The average Bonchev–Trinajstić information content (AvgIpc) is 2.68. The number of benzene rings is 1. The number of hydrogen-bond acceptors (Lipinski definition) is 4. The van der Waals surface area contributed by atoms with Crippen LogP contribution in [0.4, 0.5) is 4.39 Å². The van der Waals surface area contributed by atoms with E-state index < -0.39 is 27.5 Å². The summed E-state index contributed by atoms with van der Waals surface area (Å²) in [5.41, 5.74) is -1.25. The molecule has 0 spiro atoms. The van der Waals surface area contributed by atoms with Crippen molar-refractivity contribution in [2.24, 2.45) is 0 Å². The molecular weight excluding hydrogens is 309 g/mol. The predicted octanol–water partition coefficient (Wildman–Crippen LogP) is 1.30. The zero-order valence-corrected chi connectivity index (χ0v) is 12.3. The van der Waals surface area contributed by atoms with Gasteiger partial charge in [-0.2, -0.15) is 0 Å². The minimum Gasteiger partial charge on any atom is -0.386 e. The van der Waals surface area contributed by atoms with Crippen molar-refractivity contribution >= 4 is 21.6 Å². The Kier molecular flexibility index (Phi) is 4.36. The quantitative estimate of drug-likeness (QED) is 0.875. The van der Waals surface area contributed by atoms with Gasteiger partial charge in [-0.1, -0.05) is 11.6 Å². The molecule has 0 saturated carbocycles. The van der Waals surface area contributed by atoms with Gasteiger partial charge in [0.1, 0.15) is 16.3 Å². The smallest absolute Gasteiger partial charge is 0.242 e. The van der Waals surface area contributed by atoms with Crippen molar-refractivity contribution in [2.45, 2.75) is 29.9 Å². The van der Waals surface area contributed by atoms with Crippen molar-refractivity contribution in [3.63, 3.8) is 0 Å². The van der Waals surface area contributed by atoms with Crippen molar-refractivity contribution in [1.82, 2.24) is 4.72 Å². The van der Waals surface area contributed by atoms with Gasteiger partial charge >= 0.3 is 0 Å². The van der Waals surface area contributed by atoms with E-state index in [2.05, 4.69) is 4.72 Å². The highest BCUT2D eigenvalue weighted by Gasteiger charge is 2.40. The van der Waals surface area contributed by atoms with E-state index in [1.54, 1.807) is 6.92 Å². The minimum absolute atomic E-state index is 0.190. The van der Waals surface area contributed by atoms with Crippen LogP contribution < -0.4 is 4.72 Å². The highest BCUT2D eigenvalue weighted by molar-refractivity contribution is 7.89. The fourth-order valence-corrected chi connectivity index (χ4v) is 3.62. The number of aliphatic hydroxyl groups is 1. The van der Waals surface area contributed by atoms with Crippen LogP contribution >= 0.6 is 11.6 Å². The van der Waals surface area contributed by atoms with Gasteiger partial charge in [-0.3, -0.25) is 0 Å². The van der Waals surface area contributed by atoms with Gasteiger partial charge in [0.15, 0.2) is 0 Å². The molecule has 5 nitrogen and oxygen atoms in total. The highest BCUT2D eigenvalue weighted by Crippen LogP contribution is 2.26. The number of halogens is 2. The van der Waals surface area contributed by atoms with E-state index >= 15 is 0 Å². The summed E-state index contributed by atoms with van der Waals surface area (Å²) in [7, 11) is -3.92. The Bertz CT molecular complexity index is 609. The van der Waals surface area contributed by atoms with Crippen molar-refractivity contribution in [3.05, 3.63) is 29.0 Å². The van der Waals surface area contributed by atoms with Crippen LogP contribution in [0.25, 0.3) is 0 Å². The third-order valence-electron chi connectivity index (χ3n) is 3.41. The molecule has 2 rings (SSSR count). The number of hydrogen-bond donors (Lipinski definition) is 2. The molecule has 0 amide bonds. The molecule has 2 atom stereocenters. The first-order valence-corrected chi connectivity index (χ1v) is 7.89. The van der Waals surface area contributed by atoms with Crippen LogP contribution in [0.5, 0.6) is 0 Å². The number of ether oxygens (including phenoxy) is 1. The first kappa shape index (κ1) is 15.7. The standard InChI is InChI=1S/C12H15ClFNO4S/c1-8-12(16,4-5-19-8)7-15-20(17,18)11-3-2-9(14)6-10(11)13/h2-3,6,8,15-16H,4-5,7H2,1H3. The number of rotatable bonds is 4. The molecule has 0 aromatic heterocycles. The summed E-state index contributed by atoms with van der Waals surface area (Å²) in [6.45, 7) is 1.85. The topological polar surface area (TPSA) is 75.6 Å². The van der Waals surface area contributed by atoms with E-state index in [0.717, 1.165) is 18.2 Å². The summed E-state index contributed by atoms with van der Waals surface area (Å²) in [6.07, 6.45) is -0.123. The maximum atomic E-state index is 12.9. The first-order chi connectivity index (χ1) is 9.24. The molecule has 0 radical (unpaired) electrons. The van der Waals surface area contributed by atoms with Crippen molar-refractivity contribution in [1.29, 1.82) is 0 Å². The monoisotopic (exact) mass is 323 g/mol. The summed E-state index contributed by atoms with van der Waals surface area (Å²) >= 11 is 5.73. The number of sulfonamides is 1. The Balaban J connectivity index is 2.15. The van der Waals surface area contributed by atoms with Crippen LogP contribution in [-0.2, 0) is 14.8 Å². The van der Waals surface area contributed by atoms with Crippen LogP contribution in [0.1, 0.15) is 13.3 Å².